The molecule has 10 rings (SSSR count). The van der Waals surface area contributed by atoms with Crippen LogP contribution >= 0.6 is 0 Å². The summed E-state index contributed by atoms with van der Waals surface area (Å²) in [5.74, 6) is 1.55. The van der Waals surface area contributed by atoms with Crippen molar-refractivity contribution in [2.75, 3.05) is 0 Å². The Morgan fingerprint density at radius 1 is 0.400 bits per heavy atom. The van der Waals surface area contributed by atoms with Gasteiger partial charge in [-0.05, 0) is 115 Å². The van der Waals surface area contributed by atoms with Crippen molar-refractivity contribution in [3.05, 3.63) is 202 Å². The smallest absolute Gasteiger partial charge is 0.229 e. The second-order valence-corrected chi connectivity index (χ2v) is 28.4. The van der Waals surface area contributed by atoms with Gasteiger partial charge in [0.15, 0.2) is 5.58 Å². The van der Waals surface area contributed by atoms with Crippen molar-refractivity contribution in [3.8, 4) is 56.7 Å². The molecule has 85 heavy (non-hydrogen) atoms. The fourth-order valence-corrected chi connectivity index (χ4v) is 10.1. The number of phenols is 2. The van der Waals surface area contributed by atoms with E-state index < -0.39 is 0 Å². The monoisotopic (exact) mass is 1310 g/mol. The second kappa shape index (κ2) is 24.0. The molecule has 8 aromatic carbocycles. The number of rotatable bonds is 8. The van der Waals surface area contributed by atoms with Crippen LogP contribution in [0.25, 0.3) is 67.4 Å². The van der Waals surface area contributed by atoms with Crippen LogP contribution in [0.3, 0.4) is 0 Å². The topological polar surface area (TPSA) is 117 Å². The maximum absolute atomic E-state index is 11.3. The fourth-order valence-electron chi connectivity index (χ4n) is 10.1. The van der Waals surface area contributed by atoms with Gasteiger partial charge in [-0.3, -0.25) is 9.98 Å². The third-order valence-electron chi connectivity index (χ3n) is 15.4. The van der Waals surface area contributed by atoms with E-state index in [0.717, 1.165) is 83.5 Å². The minimum Gasteiger partial charge on any atom is -0.507 e. The van der Waals surface area contributed by atoms with Gasteiger partial charge in [0.2, 0.25) is 11.8 Å². The van der Waals surface area contributed by atoms with Gasteiger partial charge < -0.3 is 19.0 Å². The third-order valence-corrected chi connectivity index (χ3v) is 15.4. The molecule has 0 radical (unpaired) electrons. The number of nitrogens with zero attached hydrogens (tertiary/aromatic N) is 4. The molecule has 2 aromatic heterocycles. The quantitative estimate of drug-likeness (QED) is 0.116. The minimum atomic E-state index is -0.218. The molecule has 0 bridgehead atoms. The molecular formula is C76H83N4O4Pt-. The zero-order valence-electron chi connectivity index (χ0n) is 52.9. The molecular weight excluding hydrogens is 1230 g/mol. The van der Waals surface area contributed by atoms with Crippen LogP contribution < -0.4 is 0 Å². The normalized spacial score (nSPS) is 12.7. The molecule has 0 aliphatic carbocycles. The van der Waals surface area contributed by atoms with Crippen LogP contribution in [0, 0.1) is 6.07 Å². The van der Waals surface area contributed by atoms with E-state index in [2.05, 4.69) is 185 Å². The average molecular weight is 1310 g/mol. The van der Waals surface area contributed by atoms with Crippen molar-refractivity contribution in [1.29, 1.82) is 0 Å². The molecule has 0 unspecified atom stereocenters. The second-order valence-electron chi connectivity index (χ2n) is 28.4. The van der Waals surface area contributed by atoms with Gasteiger partial charge in [0.05, 0.1) is 28.0 Å². The number of hydrogen-bond acceptors (Lipinski definition) is 8. The van der Waals surface area contributed by atoms with Crippen molar-refractivity contribution >= 4 is 46.0 Å². The molecule has 0 saturated carbocycles. The summed E-state index contributed by atoms with van der Waals surface area (Å²) in [6.07, 6.45) is 3.51. The van der Waals surface area contributed by atoms with E-state index in [1.54, 1.807) is 12.4 Å². The predicted molar refractivity (Wildman–Crippen MR) is 352 cm³/mol. The van der Waals surface area contributed by atoms with E-state index in [9.17, 15) is 10.2 Å². The summed E-state index contributed by atoms with van der Waals surface area (Å²) in [5, 5.41) is 22.6. The summed E-state index contributed by atoms with van der Waals surface area (Å²) < 4.78 is 12.9. The molecule has 2 heterocycles. The Kier molecular flexibility index (Phi) is 17.9. The van der Waals surface area contributed by atoms with Gasteiger partial charge in [-0.15, -0.1) is 35.9 Å². The van der Waals surface area contributed by atoms with Gasteiger partial charge >= 0.3 is 0 Å². The van der Waals surface area contributed by atoms with Crippen LogP contribution in [-0.4, -0.2) is 32.6 Å². The number of benzene rings is 8. The summed E-state index contributed by atoms with van der Waals surface area (Å²) in [5.41, 5.74) is 17.4. The molecule has 8 nitrogen and oxygen atoms in total. The predicted octanol–water partition coefficient (Wildman–Crippen LogP) is 20.8. The van der Waals surface area contributed by atoms with Crippen LogP contribution in [0.15, 0.2) is 170 Å². The first-order valence-corrected chi connectivity index (χ1v) is 29.2. The summed E-state index contributed by atoms with van der Waals surface area (Å²) in [6, 6.07) is 54.3. The SMILES string of the molecule is CC(C)(C)c1cc(C=Nc2ccccc2-c2nc3c(-c4[c-]cccc4)cc(C(C)(C)C)cc3o2)c(O)c(C(C)(C)C)c1.CC(C)(C)c1cc(C=Nc2ccccc2-c2nc3c(-c4ccccc4)cc(C(C)(C)C)cc3o2)c(O)c(C(C)(C)C)c1.[Pt]. The van der Waals surface area contributed by atoms with E-state index in [0.29, 0.717) is 28.6 Å². The molecule has 0 fully saturated rings. The minimum absolute atomic E-state index is 0. The number of aromatic hydroxyl groups is 2. The van der Waals surface area contributed by atoms with Crippen LogP contribution in [0.4, 0.5) is 11.4 Å². The van der Waals surface area contributed by atoms with E-state index in [4.69, 9.17) is 28.8 Å². The third kappa shape index (κ3) is 14.2. The van der Waals surface area contributed by atoms with Gasteiger partial charge in [0.25, 0.3) is 0 Å². The molecule has 9 heteroatoms. The zero-order valence-corrected chi connectivity index (χ0v) is 55.2. The number of fused-ring (bicyclic) bond motifs is 2. The van der Waals surface area contributed by atoms with Gasteiger partial charge in [-0.1, -0.05) is 203 Å². The zero-order chi connectivity index (χ0) is 60.9. The molecule has 0 saturated heterocycles. The molecule has 0 amide bonds. The van der Waals surface area contributed by atoms with E-state index in [1.807, 2.05) is 97.1 Å². The van der Waals surface area contributed by atoms with Gasteiger partial charge in [0.1, 0.15) is 22.6 Å². The Hall–Kier alpha value is -7.67. The summed E-state index contributed by atoms with van der Waals surface area (Å²) in [4.78, 5) is 19.8. The van der Waals surface area contributed by atoms with Crippen molar-refractivity contribution in [2.24, 2.45) is 9.98 Å². The number of aliphatic imine (C=N–C) groups is 2. The summed E-state index contributed by atoms with van der Waals surface area (Å²) in [7, 11) is 0. The maximum Gasteiger partial charge on any atom is 0.229 e. The first kappa shape index (κ1) is 63.4. The van der Waals surface area contributed by atoms with Crippen molar-refractivity contribution in [3.63, 3.8) is 0 Å². The van der Waals surface area contributed by atoms with E-state index >= 15 is 0 Å². The molecule has 2 N–H and O–H groups in total. The first-order chi connectivity index (χ1) is 39.3. The van der Waals surface area contributed by atoms with Gasteiger partial charge in [-0.2, -0.15) is 0 Å². The molecule has 10 aromatic rings. The molecule has 0 aliphatic rings. The number of phenolic OH excluding ortho intramolecular Hbond substituents is 2. The number of aromatic nitrogens is 2. The van der Waals surface area contributed by atoms with Crippen molar-refractivity contribution in [2.45, 2.75) is 157 Å². The van der Waals surface area contributed by atoms with Crippen molar-refractivity contribution < 1.29 is 40.1 Å². The van der Waals surface area contributed by atoms with Crippen LogP contribution in [0.5, 0.6) is 11.5 Å². The number of oxazole rings is 2. The van der Waals surface area contributed by atoms with Crippen LogP contribution in [0.2, 0.25) is 0 Å². The first-order valence-electron chi connectivity index (χ1n) is 29.2. The Balaban J connectivity index is 0.000000219. The van der Waals surface area contributed by atoms with Gasteiger partial charge in [-0.25, -0.2) is 9.97 Å². The van der Waals surface area contributed by atoms with Crippen LogP contribution in [0.1, 0.15) is 169 Å². The summed E-state index contributed by atoms with van der Waals surface area (Å²) >= 11 is 0. The van der Waals surface area contributed by atoms with Crippen LogP contribution in [-0.2, 0) is 53.6 Å². The number of para-hydroxylation sites is 2. The largest absolute Gasteiger partial charge is 0.507 e. The maximum atomic E-state index is 11.3. The number of hydrogen-bond donors (Lipinski definition) is 2. The average Bonchev–Trinajstić information content (AvgIpc) is 2.12. The van der Waals surface area contributed by atoms with Crippen molar-refractivity contribution in [1.82, 2.24) is 9.97 Å². The Labute approximate surface area is 518 Å². The Morgan fingerprint density at radius 2 is 0.776 bits per heavy atom. The molecule has 0 atom stereocenters. The molecule has 442 valence electrons. The molecule has 0 aliphatic heterocycles. The molecule has 0 spiro atoms. The van der Waals surface area contributed by atoms with E-state index in [-0.39, 0.29) is 65.1 Å². The fraction of sp³-hybridized carbons (Fsp3) is 0.316. The standard InChI is InChI=1S/C38H42N2O2.C38H41N2O2.Pt/c2*1-36(2,3)26-19-25(34(41)30(21-26)38(7,8)9)23-39-31-18-14-13-17-28(31)35-40-33-29(24-15-11-10-12-16-24)20-27(37(4,5)6)22-32(33)42-35;/h10-23,41H,1-9H3;10-15,17-23,41H,1-9H3;/q;-1;. The van der Waals surface area contributed by atoms with E-state index in [1.165, 1.54) is 11.1 Å². The summed E-state index contributed by atoms with van der Waals surface area (Å²) in [6.45, 7) is 39.0. The van der Waals surface area contributed by atoms with Gasteiger partial charge in [0, 0.05) is 61.3 Å². The Bertz CT molecular complexity index is 3820. The Morgan fingerprint density at radius 3 is 1.18 bits per heavy atom.